The maximum absolute atomic E-state index is 4.35. The average molecular weight is 228 g/mol. The van der Waals surface area contributed by atoms with Gasteiger partial charge in [0.25, 0.3) is 0 Å². The van der Waals surface area contributed by atoms with Gasteiger partial charge in [0.2, 0.25) is 0 Å². The zero-order valence-corrected chi connectivity index (χ0v) is 11.7. The van der Waals surface area contributed by atoms with Crippen molar-refractivity contribution in [3.8, 4) is 0 Å². The van der Waals surface area contributed by atoms with Gasteiger partial charge in [-0.05, 0) is 55.1 Å². The fourth-order valence-corrected chi connectivity index (χ4v) is 3.13. The third-order valence-corrected chi connectivity index (χ3v) is 5.30. The van der Waals surface area contributed by atoms with Crippen molar-refractivity contribution in [3.63, 3.8) is 0 Å². The van der Waals surface area contributed by atoms with E-state index >= 15 is 0 Å². The standard InChI is InChI=1S/C14H28S/c1-4-13(3)8-10-14(5-2,11-9-13)7-6-12-15/h15H,4-12H2,1-3H3. The summed E-state index contributed by atoms with van der Waals surface area (Å²) in [4.78, 5) is 0. The van der Waals surface area contributed by atoms with Crippen molar-refractivity contribution in [3.05, 3.63) is 0 Å². The van der Waals surface area contributed by atoms with Gasteiger partial charge in [0.15, 0.2) is 0 Å². The van der Waals surface area contributed by atoms with Gasteiger partial charge in [0.1, 0.15) is 0 Å². The molecule has 1 aliphatic carbocycles. The molecule has 0 unspecified atom stereocenters. The second-order valence-electron chi connectivity index (χ2n) is 5.84. The zero-order chi connectivity index (χ0) is 11.4. The van der Waals surface area contributed by atoms with E-state index in [2.05, 4.69) is 33.4 Å². The second kappa shape index (κ2) is 5.61. The van der Waals surface area contributed by atoms with Crippen LogP contribution in [0.5, 0.6) is 0 Å². The lowest BCUT2D eigenvalue weighted by Crippen LogP contribution is -2.32. The summed E-state index contributed by atoms with van der Waals surface area (Å²) >= 11 is 4.35. The molecule has 1 fully saturated rings. The van der Waals surface area contributed by atoms with Crippen molar-refractivity contribution in [1.82, 2.24) is 0 Å². The van der Waals surface area contributed by atoms with Crippen LogP contribution in [0.3, 0.4) is 0 Å². The van der Waals surface area contributed by atoms with Gasteiger partial charge < -0.3 is 0 Å². The molecule has 1 rings (SSSR count). The van der Waals surface area contributed by atoms with Crippen LogP contribution < -0.4 is 0 Å². The molecule has 0 bridgehead atoms. The largest absolute Gasteiger partial charge is 0.179 e. The topological polar surface area (TPSA) is 0 Å². The number of thiol groups is 1. The van der Waals surface area contributed by atoms with Crippen LogP contribution in [0.15, 0.2) is 0 Å². The molecule has 0 aliphatic heterocycles. The first-order chi connectivity index (χ1) is 7.10. The summed E-state index contributed by atoms with van der Waals surface area (Å²) in [7, 11) is 0. The van der Waals surface area contributed by atoms with Crippen LogP contribution in [0.2, 0.25) is 0 Å². The van der Waals surface area contributed by atoms with E-state index in [1.807, 2.05) is 0 Å². The van der Waals surface area contributed by atoms with E-state index in [1.165, 1.54) is 51.4 Å². The lowest BCUT2D eigenvalue weighted by atomic mass is 9.61. The van der Waals surface area contributed by atoms with E-state index in [9.17, 15) is 0 Å². The summed E-state index contributed by atoms with van der Waals surface area (Å²) in [6.45, 7) is 7.21. The van der Waals surface area contributed by atoms with E-state index < -0.39 is 0 Å². The van der Waals surface area contributed by atoms with Crippen molar-refractivity contribution < 1.29 is 0 Å². The van der Waals surface area contributed by atoms with Gasteiger partial charge in [-0.2, -0.15) is 12.6 Å². The summed E-state index contributed by atoms with van der Waals surface area (Å²) < 4.78 is 0. The van der Waals surface area contributed by atoms with Gasteiger partial charge in [0.05, 0.1) is 0 Å². The van der Waals surface area contributed by atoms with Crippen LogP contribution in [0.25, 0.3) is 0 Å². The minimum Gasteiger partial charge on any atom is -0.179 e. The molecule has 0 saturated heterocycles. The first-order valence-electron chi connectivity index (χ1n) is 6.71. The Kier molecular flexibility index (Phi) is 5.02. The molecular weight excluding hydrogens is 200 g/mol. The Balaban J connectivity index is 2.50. The Hall–Kier alpha value is 0.350. The first-order valence-corrected chi connectivity index (χ1v) is 7.34. The van der Waals surface area contributed by atoms with Gasteiger partial charge in [0, 0.05) is 0 Å². The first kappa shape index (κ1) is 13.4. The van der Waals surface area contributed by atoms with E-state index in [-0.39, 0.29) is 0 Å². The zero-order valence-electron chi connectivity index (χ0n) is 10.8. The smallest absolute Gasteiger partial charge is 0.00977 e. The molecule has 0 aromatic carbocycles. The molecule has 0 atom stereocenters. The van der Waals surface area contributed by atoms with Gasteiger partial charge in [-0.25, -0.2) is 0 Å². The summed E-state index contributed by atoms with van der Waals surface area (Å²) in [5.41, 5.74) is 1.33. The second-order valence-corrected chi connectivity index (χ2v) is 6.29. The minimum absolute atomic E-state index is 0.652. The van der Waals surface area contributed by atoms with Gasteiger partial charge in [-0.3, -0.25) is 0 Å². The van der Waals surface area contributed by atoms with E-state index in [0.29, 0.717) is 10.8 Å². The third kappa shape index (κ3) is 3.41. The molecule has 0 amide bonds. The number of hydrogen-bond donors (Lipinski definition) is 1. The molecule has 1 aliphatic rings. The lowest BCUT2D eigenvalue weighted by Gasteiger charge is -2.45. The Labute approximate surface area is 102 Å². The molecule has 0 aromatic heterocycles. The maximum atomic E-state index is 4.35. The van der Waals surface area contributed by atoms with Crippen LogP contribution >= 0.6 is 12.6 Å². The summed E-state index contributed by atoms with van der Waals surface area (Å²) in [5, 5.41) is 0. The molecule has 1 heteroatoms. The fraction of sp³-hybridized carbons (Fsp3) is 1.00. The van der Waals surface area contributed by atoms with Crippen molar-refractivity contribution in [1.29, 1.82) is 0 Å². The molecule has 0 aromatic rings. The number of rotatable bonds is 5. The van der Waals surface area contributed by atoms with Crippen LogP contribution in [-0.4, -0.2) is 5.75 Å². The van der Waals surface area contributed by atoms with Crippen LogP contribution in [0.1, 0.15) is 72.1 Å². The SMILES string of the molecule is CCC1(C)CCC(CC)(CCCS)CC1. The highest BCUT2D eigenvalue weighted by Gasteiger charge is 2.37. The maximum Gasteiger partial charge on any atom is -0.00977 e. The van der Waals surface area contributed by atoms with E-state index in [0.717, 1.165) is 5.75 Å². The monoisotopic (exact) mass is 228 g/mol. The van der Waals surface area contributed by atoms with E-state index in [1.54, 1.807) is 0 Å². The molecule has 0 nitrogen and oxygen atoms in total. The Morgan fingerprint density at radius 2 is 1.60 bits per heavy atom. The molecular formula is C14H28S. The van der Waals surface area contributed by atoms with Crippen LogP contribution in [0.4, 0.5) is 0 Å². The van der Waals surface area contributed by atoms with Crippen molar-refractivity contribution in [2.24, 2.45) is 10.8 Å². The molecule has 0 radical (unpaired) electrons. The molecule has 15 heavy (non-hydrogen) atoms. The lowest BCUT2D eigenvalue weighted by molar-refractivity contribution is 0.0740. The Bertz CT molecular complexity index is 178. The Morgan fingerprint density at radius 1 is 1.00 bits per heavy atom. The molecule has 0 heterocycles. The normalized spacial score (nSPS) is 36.8. The van der Waals surface area contributed by atoms with Crippen LogP contribution in [-0.2, 0) is 0 Å². The van der Waals surface area contributed by atoms with Crippen molar-refractivity contribution >= 4 is 12.6 Å². The highest BCUT2D eigenvalue weighted by molar-refractivity contribution is 7.80. The molecule has 0 spiro atoms. The molecule has 1 saturated carbocycles. The number of hydrogen-bond acceptors (Lipinski definition) is 1. The van der Waals surface area contributed by atoms with Crippen molar-refractivity contribution in [2.45, 2.75) is 72.1 Å². The third-order valence-electron chi connectivity index (χ3n) is 4.99. The summed E-state index contributed by atoms with van der Waals surface area (Å²) in [6.07, 6.45) is 11.3. The predicted octanol–water partition coefficient (Wildman–Crippen LogP) is 5.08. The highest BCUT2D eigenvalue weighted by Crippen LogP contribution is 2.50. The predicted molar refractivity (Wildman–Crippen MR) is 72.7 cm³/mol. The van der Waals surface area contributed by atoms with Crippen LogP contribution in [0, 0.1) is 10.8 Å². The quantitative estimate of drug-likeness (QED) is 0.623. The van der Waals surface area contributed by atoms with E-state index in [4.69, 9.17) is 0 Å². The molecule has 90 valence electrons. The molecule has 0 N–H and O–H groups in total. The summed E-state index contributed by atoms with van der Waals surface area (Å²) in [5.74, 6) is 1.06. The Morgan fingerprint density at radius 3 is 2.00 bits per heavy atom. The van der Waals surface area contributed by atoms with Gasteiger partial charge >= 0.3 is 0 Å². The van der Waals surface area contributed by atoms with Crippen molar-refractivity contribution in [2.75, 3.05) is 5.75 Å². The summed E-state index contributed by atoms with van der Waals surface area (Å²) in [6, 6.07) is 0. The average Bonchev–Trinajstić information content (AvgIpc) is 2.29. The fourth-order valence-electron chi connectivity index (χ4n) is 2.97. The minimum atomic E-state index is 0.652. The van der Waals surface area contributed by atoms with Gasteiger partial charge in [-0.1, -0.05) is 33.6 Å². The van der Waals surface area contributed by atoms with Gasteiger partial charge in [-0.15, -0.1) is 0 Å². The highest BCUT2D eigenvalue weighted by atomic mass is 32.1.